The van der Waals surface area contributed by atoms with Gasteiger partial charge in [0.25, 0.3) is 0 Å². The van der Waals surface area contributed by atoms with Crippen LogP contribution in [0.1, 0.15) is 31.5 Å². The summed E-state index contributed by atoms with van der Waals surface area (Å²) >= 11 is 1.79. The highest BCUT2D eigenvalue weighted by Crippen LogP contribution is 2.35. The Kier molecular flexibility index (Phi) is 2.69. The van der Waals surface area contributed by atoms with Gasteiger partial charge in [-0.1, -0.05) is 18.2 Å². The van der Waals surface area contributed by atoms with Gasteiger partial charge in [0.05, 0.1) is 11.0 Å². The van der Waals surface area contributed by atoms with E-state index in [1.54, 1.807) is 18.9 Å². The van der Waals surface area contributed by atoms with Crippen LogP contribution in [-0.4, -0.2) is 32.9 Å². The Morgan fingerprint density at radius 2 is 2.38 bits per heavy atom. The smallest absolute Gasteiger partial charge is 0.212 e. The van der Waals surface area contributed by atoms with Gasteiger partial charge in [-0.05, 0) is 19.3 Å². The Morgan fingerprint density at radius 1 is 1.44 bits per heavy atom. The van der Waals surface area contributed by atoms with Crippen LogP contribution in [0, 0.1) is 0 Å². The Morgan fingerprint density at radius 3 is 3.25 bits per heavy atom. The highest BCUT2D eigenvalue weighted by atomic mass is 32.2. The molecular formula is C10H14N4OS. The Bertz CT molecular complexity index is 428. The largest absolute Gasteiger partial charge is 0.377 e. The molecule has 0 spiro atoms. The molecule has 1 unspecified atom stereocenters. The van der Waals surface area contributed by atoms with Crippen molar-refractivity contribution in [1.29, 1.82) is 0 Å². The molecular weight excluding hydrogens is 224 g/mol. The van der Waals surface area contributed by atoms with Crippen molar-refractivity contribution in [3.8, 4) is 0 Å². The number of ether oxygens (including phenoxy) is 1. The summed E-state index contributed by atoms with van der Waals surface area (Å²) in [5.41, 5.74) is 1.29. The lowest BCUT2D eigenvalue weighted by Gasteiger charge is -2.26. The summed E-state index contributed by atoms with van der Waals surface area (Å²) in [4.78, 5) is 0. The SMILES string of the molecule is COCc1nnc2n1N=C1CCCCC1S2. The maximum Gasteiger partial charge on any atom is 0.212 e. The van der Waals surface area contributed by atoms with Gasteiger partial charge in [-0.15, -0.1) is 10.2 Å². The third-order valence-electron chi connectivity index (χ3n) is 2.95. The summed E-state index contributed by atoms with van der Waals surface area (Å²) in [6, 6.07) is 0. The molecule has 0 aromatic carbocycles. The molecule has 1 fully saturated rings. The van der Waals surface area contributed by atoms with Crippen LogP contribution in [0.4, 0.5) is 0 Å². The summed E-state index contributed by atoms with van der Waals surface area (Å²) in [5.74, 6) is 0.793. The standard InChI is InChI=1S/C10H14N4OS/c1-15-6-9-11-12-10-14(9)13-7-4-2-3-5-8(7)16-10/h8H,2-6H2,1H3. The number of rotatable bonds is 2. The second-order valence-electron chi connectivity index (χ2n) is 4.09. The van der Waals surface area contributed by atoms with Gasteiger partial charge in [-0.25, -0.2) is 0 Å². The second-order valence-corrected chi connectivity index (χ2v) is 5.26. The van der Waals surface area contributed by atoms with E-state index < -0.39 is 0 Å². The quantitative estimate of drug-likeness (QED) is 0.786. The van der Waals surface area contributed by atoms with Gasteiger partial charge in [0.1, 0.15) is 6.61 Å². The minimum absolute atomic E-state index is 0.467. The molecule has 0 saturated heterocycles. The van der Waals surface area contributed by atoms with E-state index in [2.05, 4.69) is 15.3 Å². The van der Waals surface area contributed by atoms with Crippen molar-refractivity contribution in [2.45, 2.75) is 42.7 Å². The van der Waals surface area contributed by atoms with Crippen LogP contribution in [0.3, 0.4) is 0 Å². The number of fused-ring (bicyclic) bond motifs is 2. The van der Waals surface area contributed by atoms with Crippen LogP contribution < -0.4 is 0 Å². The first-order chi connectivity index (χ1) is 7.88. The molecule has 16 heavy (non-hydrogen) atoms. The van der Waals surface area contributed by atoms with E-state index in [1.165, 1.54) is 25.0 Å². The lowest BCUT2D eigenvalue weighted by molar-refractivity contribution is 0.174. The molecule has 0 amide bonds. The van der Waals surface area contributed by atoms with Crippen LogP contribution in [0.5, 0.6) is 0 Å². The van der Waals surface area contributed by atoms with Gasteiger partial charge in [0.2, 0.25) is 5.16 Å². The van der Waals surface area contributed by atoms with Crippen molar-refractivity contribution in [3.63, 3.8) is 0 Å². The van der Waals surface area contributed by atoms with E-state index in [0.717, 1.165) is 17.4 Å². The lowest BCUT2D eigenvalue weighted by Crippen LogP contribution is -2.26. The lowest BCUT2D eigenvalue weighted by atomic mass is 9.98. The average Bonchev–Trinajstić information content (AvgIpc) is 2.70. The molecule has 0 bridgehead atoms. The zero-order chi connectivity index (χ0) is 11.0. The van der Waals surface area contributed by atoms with Crippen LogP contribution in [0.2, 0.25) is 0 Å². The number of nitrogens with zero attached hydrogens (tertiary/aromatic N) is 4. The topological polar surface area (TPSA) is 52.3 Å². The number of hydrogen-bond acceptors (Lipinski definition) is 5. The molecule has 6 heteroatoms. The third kappa shape index (κ3) is 1.66. The molecule has 1 aliphatic heterocycles. The Hall–Kier alpha value is -0.880. The van der Waals surface area contributed by atoms with Crippen LogP contribution in [0.25, 0.3) is 0 Å². The zero-order valence-corrected chi connectivity index (χ0v) is 10.0. The first-order valence-electron chi connectivity index (χ1n) is 5.56. The minimum Gasteiger partial charge on any atom is -0.377 e. The van der Waals surface area contributed by atoms with Crippen molar-refractivity contribution in [2.75, 3.05) is 7.11 Å². The molecule has 0 N–H and O–H groups in total. The molecule has 86 valence electrons. The normalized spacial score (nSPS) is 23.6. The second kappa shape index (κ2) is 4.18. The highest BCUT2D eigenvalue weighted by Gasteiger charge is 2.29. The van der Waals surface area contributed by atoms with Crippen molar-refractivity contribution in [3.05, 3.63) is 5.82 Å². The fourth-order valence-electron chi connectivity index (χ4n) is 2.15. The fourth-order valence-corrected chi connectivity index (χ4v) is 3.32. The summed E-state index contributed by atoms with van der Waals surface area (Å²) in [6.07, 6.45) is 4.89. The van der Waals surface area contributed by atoms with Crippen molar-refractivity contribution in [1.82, 2.24) is 14.9 Å². The van der Waals surface area contributed by atoms with Gasteiger partial charge in [0.15, 0.2) is 5.82 Å². The molecule has 1 aromatic rings. The summed E-state index contributed by atoms with van der Waals surface area (Å²) in [7, 11) is 1.66. The predicted molar refractivity (Wildman–Crippen MR) is 61.7 cm³/mol. The van der Waals surface area contributed by atoms with Gasteiger partial charge in [-0.3, -0.25) is 0 Å². The molecule has 3 rings (SSSR count). The van der Waals surface area contributed by atoms with E-state index in [4.69, 9.17) is 4.74 Å². The molecule has 1 atom stereocenters. The summed E-state index contributed by atoms with van der Waals surface area (Å²) in [5, 5.41) is 14.3. The van der Waals surface area contributed by atoms with Gasteiger partial charge in [0, 0.05) is 7.11 Å². The van der Waals surface area contributed by atoms with E-state index in [-0.39, 0.29) is 0 Å². The Balaban J connectivity index is 1.95. The van der Waals surface area contributed by atoms with E-state index in [1.807, 2.05) is 4.68 Å². The van der Waals surface area contributed by atoms with Gasteiger partial charge in [-0.2, -0.15) is 9.78 Å². The first-order valence-corrected chi connectivity index (χ1v) is 6.44. The van der Waals surface area contributed by atoms with E-state index in [9.17, 15) is 0 Å². The zero-order valence-electron chi connectivity index (χ0n) is 9.22. The number of aromatic nitrogens is 3. The molecule has 0 radical (unpaired) electrons. The number of thioether (sulfide) groups is 1. The number of hydrogen-bond donors (Lipinski definition) is 0. The van der Waals surface area contributed by atoms with Crippen molar-refractivity contribution in [2.24, 2.45) is 5.10 Å². The van der Waals surface area contributed by atoms with Crippen LogP contribution >= 0.6 is 11.8 Å². The predicted octanol–water partition coefficient (Wildman–Crippen LogP) is 1.68. The summed E-state index contributed by atoms with van der Waals surface area (Å²) < 4.78 is 6.93. The minimum atomic E-state index is 0.467. The van der Waals surface area contributed by atoms with Crippen molar-refractivity contribution < 1.29 is 4.74 Å². The molecule has 5 nitrogen and oxygen atoms in total. The van der Waals surface area contributed by atoms with E-state index in [0.29, 0.717) is 11.9 Å². The molecule has 1 aliphatic carbocycles. The third-order valence-corrected chi connectivity index (χ3v) is 4.20. The average molecular weight is 238 g/mol. The van der Waals surface area contributed by atoms with Gasteiger partial charge >= 0.3 is 0 Å². The maximum absolute atomic E-state index is 5.09. The highest BCUT2D eigenvalue weighted by molar-refractivity contribution is 8.00. The maximum atomic E-state index is 5.09. The molecule has 2 aliphatic rings. The van der Waals surface area contributed by atoms with Gasteiger partial charge < -0.3 is 4.74 Å². The van der Waals surface area contributed by atoms with E-state index >= 15 is 0 Å². The monoisotopic (exact) mass is 238 g/mol. The number of methoxy groups -OCH3 is 1. The van der Waals surface area contributed by atoms with Crippen LogP contribution in [0.15, 0.2) is 10.3 Å². The Labute approximate surface area is 98.3 Å². The first kappa shape index (κ1) is 10.3. The molecule has 1 saturated carbocycles. The van der Waals surface area contributed by atoms with Crippen LogP contribution in [-0.2, 0) is 11.3 Å². The molecule has 1 aromatic heterocycles. The molecule has 2 heterocycles. The summed E-state index contributed by atoms with van der Waals surface area (Å²) in [6.45, 7) is 0.467. The van der Waals surface area contributed by atoms with Crippen molar-refractivity contribution >= 4 is 17.5 Å². The fraction of sp³-hybridized carbons (Fsp3) is 0.700.